The van der Waals surface area contributed by atoms with Crippen LogP contribution in [0.2, 0.25) is 5.02 Å². The fourth-order valence-corrected chi connectivity index (χ4v) is 1.93. The van der Waals surface area contributed by atoms with Crippen LogP contribution in [-0.2, 0) is 16.0 Å². The number of ether oxygens (including phenoxy) is 1. The van der Waals surface area contributed by atoms with Crippen LogP contribution in [-0.4, -0.2) is 18.1 Å². The van der Waals surface area contributed by atoms with Gasteiger partial charge in [-0.25, -0.2) is 4.79 Å². The van der Waals surface area contributed by atoms with Gasteiger partial charge in [-0.05, 0) is 50.8 Å². The SMILES string of the molecule is CC(C)OC(=O)C(CCCc1cccc(Cl)c1)N=O. The number of aryl methyl sites for hydroxylation is 1. The highest BCUT2D eigenvalue weighted by atomic mass is 35.5. The van der Waals surface area contributed by atoms with E-state index in [0.29, 0.717) is 17.9 Å². The van der Waals surface area contributed by atoms with Crippen LogP contribution in [0.4, 0.5) is 0 Å². The first-order valence-electron chi connectivity index (χ1n) is 6.30. The normalized spacial score (nSPS) is 12.2. The minimum Gasteiger partial charge on any atom is -0.461 e. The van der Waals surface area contributed by atoms with Crippen molar-refractivity contribution in [1.82, 2.24) is 0 Å². The average molecular weight is 284 g/mol. The molecule has 1 aromatic carbocycles. The van der Waals surface area contributed by atoms with Gasteiger partial charge in [-0.15, -0.1) is 4.91 Å². The number of hydrogen-bond acceptors (Lipinski definition) is 4. The summed E-state index contributed by atoms with van der Waals surface area (Å²) in [5, 5.41) is 3.52. The number of esters is 1. The Balaban J connectivity index is 2.41. The maximum Gasteiger partial charge on any atom is 0.334 e. The summed E-state index contributed by atoms with van der Waals surface area (Å²) in [5.74, 6) is -0.545. The standard InChI is InChI=1S/C14H18ClNO3/c1-10(2)19-14(17)13(16-18)8-4-6-11-5-3-7-12(15)9-11/h3,5,7,9-10,13H,4,6,8H2,1-2H3. The second-order valence-corrected chi connectivity index (χ2v) is 5.07. The van der Waals surface area contributed by atoms with Gasteiger partial charge in [-0.3, -0.25) is 0 Å². The third-order valence-corrected chi connectivity index (χ3v) is 2.82. The first-order chi connectivity index (χ1) is 9.02. The lowest BCUT2D eigenvalue weighted by Gasteiger charge is -2.11. The predicted octanol–water partition coefficient (Wildman–Crippen LogP) is 3.75. The summed E-state index contributed by atoms with van der Waals surface area (Å²) >= 11 is 5.88. The molecule has 19 heavy (non-hydrogen) atoms. The van der Waals surface area contributed by atoms with Crippen LogP contribution in [0.5, 0.6) is 0 Å². The van der Waals surface area contributed by atoms with Crippen LogP contribution in [0.15, 0.2) is 29.4 Å². The van der Waals surface area contributed by atoms with Crippen molar-refractivity contribution in [2.24, 2.45) is 5.18 Å². The number of benzene rings is 1. The van der Waals surface area contributed by atoms with Crippen molar-refractivity contribution >= 4 is 17.6 Å². The van der Waals surface area contributed by atoms with E-state index in [1.165, 1.54) is 0 Å². The molecule has 104 valence electrons. The quantitative estimate of drug-likeness (QED) is 0.566. The Morgan fingerprint density at radius 2 is 2.16 bits per heavy atom. The smallest absolute Gasteiger partial charge is 0.334 e. The second-order valence-electron chi connectivity index (χ2n) is 4.63. The number of nitrogens with zero attached hydrogens (tertiary/aromatic N) is 1. The molecule has 0 aromatic heterocycles. The molecule has 0 fully saturated rings. The van der Waals surface area contributed by atoms with E-state index in [-0.39, 0.29) is 6.10 Å². The van der Waals surface area contributed by atoms with Crippen molar-refractivity contribution in [2.75, 3.05) is 0 Å². The molecule has 0 bridgehead atoms. The molecule has 0 saturated heterocycles. The molecule has 1 atom stereocenters. The number of hydrogen-bond donors (Lipinski definition) is 0. The molecule has 0 N–H and O–H groups in total. The monoisotopic (exact) mass is 283 g/mol. The zero-order chi connectivity index (χ0) is 14.3. The molecule has 1 unspecified atom stereocenters. The van der Waals surface area contributed by atoms with Gasteiger partial charge in [0.05, 0.1) is 6.10 Å². The lowest BCUT2D eigenvalue weighted by atomic mass is 10.1. The zero-order valence-electron chi connectivity index (χ0n) is 11.1. The molecule has 0 aliphatic heterocycles. The summed E-state index contributed by atoms with van der Waals surface area (Å²) in [6.45, 7) is 3.48. The van der Waals surface area contributed by atoms with E-state index in [9.17, 15) is 9.70 Å². The van der Waals surface area contributed by atoms with Gasteiger partial charge in [0, 0.05) is 5.02 Å². The molecule has 5 heteroatoms. The Kier molecular flexibility index (Phi) is 6.50. The molecule has 0 amide bonds. The van der Waals surface area contributed by atoms with Crippen molar-refractivity contribution in [3.05, 3.63) is 39.8 Å². The molecular weight excluding hydrogens is 266 g/mol. The van der Waals surface area contributed by atoms with Gasteiger partial charge in [0.15, 0.2) is 6.04 Å². The molecule has 1 rings (SSSR count). The Hall–Kier alpha value is -1.42. The fraction of sp³-hybridized carbons (Fsp3) is 0.500. The molecule has 0 saturated carbocycles. The molecule has 4 nitrogen and oxygen atoms in total. The second kappa shape index (κ2) is 7.89. The number of halogens is 1. The first-order valence-corrected chi connectivity index (χ1v) is 6.68. The average Bonchev–Trinajstić information content (AvgIpc) is 2.33. The van der Waals surface area contributed by atoms with Gasteiger partial charge >= 0.3 is 5.97 Å². The summed E-state index contributed by atoms with van der Waals surface area (Å²) in [6.07, 6.45) is 1.59. The van der Waals surface area contributed by atoms with Crippen LogP contribution >= 0.6 is 11.6 Å². The topological polar surface area (TPSA) is 55.7 Å². The van der Waals surface area contributed by atoms with Gasteiger partial charge in [0.1, 0.15) is 0 Å². The summed E-state index contributed by atoms with van der Waals surface area (Å²) in [6, 6.07) is 6.60. The Bertz CT molecular complexity index is 434. The van der Waals surface area contributed by atoms with E-state index >= 15 is 0 Å². The van der Waals surface area contributed by atoms with E-state index in [1.54, 1.807) is 19.9 Å². The largest absolute Gasteiger partial charge is 0.461 e. The maximum absolute atomic E-state index is 11.5. The summed E-state index contributed by atoms with van der Waals surface area (Å²) in [7, 11) is 0. The minimum atomic E-state index is -0.915. The van der Waals surface area contributed by atoms with Crippen LogP contribution in [0.3, 0.4) is 0 Å². The van der Waals surface area contributed by atoms with E-state index in [4.69, 9.17) is 16.3 Å². The highest BCUT2D eigenvalue weighted by molar-refractivity contribution is 6.30. The Morgan fingerprint density at radius 3 is 2.74 bits per heavy atom. The van der Waals surface area contributed by atoms with Crippen molar-refractivity contribution in [2.45, 2.75) is 45.3 Å². The highest BCUT2D eigenvalue weighted by Gasteiger charge is 2.21. The van der Waals surface area contributed by atoms with Gasteiger partial charge in [-0.1, -0.05) is 28.9 Å². The molecule has 0 radical (unpaired) electrons. The van der Waals surface area contributed by atoms with Gasteiger partial charge in [0.2, 0.25) is 0 Å². The van der Waals surface area contributed by atoms with Crippen molar-refractivity contribution in [1.29, 1.82) is 0 Å². The van der Waals surface area contributed by atoms with E-state index in [0.717, 1.165) is 12.0 Å². The number of nitroso groups, excluding NO2 is 1. The number of carbonyl (C=O) groups is 1. The van der Waals surface area contributed by atoms with Crippen molar-refractivity contribution in [3.8, 4) is 0 Å². The van der Waals surface area contributed by atoms with E-state index < -0.39 is 12.0 Å². The molecular formula is C14H18ClNO3. The highest BCUT2D eigenvalue weighted by Crippen LogP contribution is 2.14. The summed E-state index contributed by atoms with van der Waals surface area (Å²) < 4.78 is 4.97. The van der Waals surface area contributed by atoms with Crippen LogP contribution in [0.1, 0.15) is 32.3 Å². The Morgan fingerprint density at radius 1 is 1.42 bits per heavy atom. The predicted molar refractivity (Wildman–Crippen MR) is 75.2 cm³/mol. The minimum absolute atomic E-state index is 0.232. The van der Waals surface area contributed by atoms with E-state index in [1.807, 2.05) is 18.2 Å². The molecule has 1 aromatic rings. The molecule has 0 heterocycles. The summed E-state index contributed by atoms with van der Waals surface area (Å²) in [5.41, 5.74) is 1.08. The zero-order valence-corrected chi connectivity index (χ0v) is 11.9. The van der Waals surface area contributed by atoms with Crippen LogP contribution < -0.4 is 0 Å². The van der Waals surface area contributed by atoms with E-state index in [2.05, 4.69) is 5.18 Å². The van der Waals surface area contributed by atoms with Crippen LogP contribution in [0, 0.1) is 4.91 Å². The number of rotatable bonds is 7. The maximum atomic E-state index is 11.5. The molecule has 0 aliphatic carbocycles. The van der Waals surface area contributed by atoms with Crippen molar-refractivity contribution < 1.29 is 9.53 Å². The lowest BCUT2D eigenvalue weighted by Crippen LogP contribution is -2.24. The van der Waals surface area contributed by atoms with Gasteiger partial charge in [-0.2, -0.15) is 0 Å². The van der Waals surface area contributed by atoms with Gasteiger partial charge in [0.25, 0.3) is 0 Å². The summed E-state index contributed by atoms with van der Waals surface area (Å²) in [4.78, 5) is 22.2. The first kappa shape index (κ1) is 15.6. The van der Waals surface area contributed by atoms with Crippen LogP contribution in [0.25, 0.3) is 0 Å². The molecule has 0 spiro atoms. The Labute approximate surface area is 118 Å². The number of carbonyl (C=O) groups excluding carboxylic acids is 1. The third kappa shape index (κ3) is 5.83. The van der Waals surface area contributed by atoms with Gasteiger partial charge < -0.3 is 4.74 Å². The fourth-order valence-electron chi connectivity index (χ4n) is 1.72. The lowest BCUT2D eigenvalue weighted by molar-refractivity contribution is -0.149. The molecule has 0 aliphatic rings. The third-order valence-electron chi connectivity index (χ3n) is 2.58. The van der Waals surface area contributed by atoms with Crippen molar-refractivity contribution in [3.63, 3.8) is 0 Å².